The van der Waals surface area contributed by atoms with Crippen LogP contribution < -0.4 is 5.73 Å². The Kier molecular flexibility index (Phi) is 1.74. The zero-order chi connectivity index (χ0) is 10.3. The van der Waals surface area contributed by atoms with E-state index >= 15 is 0 Å². The van der Waals surface area contributed by atoms with Crippen molar-refractivity contribution in [1.29, 1.82) is 0 Å². The molecule has 0 atom stereocenters. The number of rotatable bonds is 3. The summed E-state index contributed by atoms with van der Waals surface area (Å²) in [5.74, 6) is 1.34. The molecule has 0 radical (unpaired) electrons. The second-order valence-corrected chi connectivity index (χ2v) is 3.83. The van der Waals surface area contributed by atoms with Gasteiger partial charge in [-0.3, -0.25) is 4.68 Å². The zero-order valence-electron chi connectivity index (χ0n) is 8.13. The van der Waals surface area contributed by atoms with Crippen LogP contribution >= 0.6 is 0 Å². The molecule has 78 valence electrons. The first-order valence-electron chi connectivity index (χ1n) is 4.93. The minimum atomic E-state index is 0.154. The minimum absolute atomic E-state index is 0.154. The number of anilines is 1. The third-order valence-corrected chi connectivity index (χ3v) is 2.46. The molecule has 1 fully saturated rings. The number of hydrogen-bond acceptors (Lipinski definition) is 5. The predicted octanol–water partition coefficient (Wildman–Crippen LogP) is 0.925. The van der Waals surface area contributed by atoms with Gasteiger partial charge in [-0.15, -0.1) is 5.10 Å². The summed E-state index contributed by atoms with van der Waals surface area (Å²) in [5.41, 5.74) is 6.06. The maximum Gasteiger partial charge on any atom is 0.292 e. The highest BCUT2D eigenvalue weighted by atomic mass is 16.4. The standard InChI is InChI=1S/C9H11N5O/c10-9-11-3-8(15-9)7-5-14(13-12-7)4-6-1-2-6/h3,5-6H,1-2,4H2,(H2,10,11). The van der Waals surface area contributed by atoms with Crippen LogP contribution in [0.4, 0.5) is 6.01 Å². The van der Waals surface area contributed by atoms with Crippen LogP contribution in [-0.4, -0.2) is 20.0 Å². The van der Waals surface area contributed by atoms with E-state index in [1.165, 1.54) is 12.8 Å². The summed E-state index contributed by atoms with van der Waals surface area (Å²) < 4.78 is 6.99. The Balaban J connectivity index is 1.82. The van der Waals surface area contributed by atoms with Crippen molar-refractivity contribution in [3.63, 3.8) is 0 Å². The number of nitrogens with zero attached hydrogens (tertiary/aromatic N) is 4. The van der Waals surface area contributed by atoms with Gasteiger partial charge in [0.05, 0.1) is 12.4 Å². The first-order valence-corrected chi connectivity index (χ1v) is 4.93. The molecule has 3 rings (SSSR count). The SMILES string of the molecule is Nc1ncc(-c2cn(CC3CC3)nn2)o1. The van der Waals surface area contributed by atoms with Gasteiger partial charge in [-0.2, -0.15) is 0 Å². The predicted molar refractivity (Wildman–Crippen MR) is 52.7 cm³/mol. The summed E-state index contributed by atoms with van der Waals surface area (Å²) in [6, 6.07) is 0.154. The molecule has 0 spiro atoms. The minimum Gasteiger partial charge on any atom is -0.422 e. The second kappa shape index (κ2) is 3.08. The van der Waals surface area contributed by atoms with Crippen molar-refractivity contribution in [3.05, 3.63) is 12.4 Å². The fourth-order valence-electron chi connectivity index (χ4n) is 1.47. The van der Waals surface area contributed by atoms with Crippen LogP contribution in [0.1, 0.15) is 12.8 Å². The van der Waals surface area contributed by atoms with Crippen LogP contribution in [0.25, 0.3) is 11.5 Å². The fourth-order valence-corrected chi connectivity index (χ4v) is 1.47. The van der Waals surface area contributed by atoms with Crippen LogP contribution in [0.3, 0.4) is 0 Å². The Hall–Kier alpha value is -1.85. The van der Waals surface area contributed by atoms with Gasteiger partial charge < -0.3 is 10.2 Å². The van der Waals surface area contributed by atoms with Crippen molar-refractivity contribution in [2.45, 2.75) is 19.4 Å². The molecule has 6 nitrogen and oxygen atoms in total. The first kappa shape index (κ1) is 8.46. The Morgan fingerprint density at radius 1 is 1.53 bits per heavy atom. The van der Waals surface area contributed by atoms with Crippen molar-refractivity contribution in [2.24, 2.45) is 5.92 Å². The topological polar surface area (TPSA) is 82.8 Å². The lowest BCUT2D eigenvalue weighted by atomic mass is 10.4. The molecule has 2 aromatic rings. The van der Waals surface area contributed by atoms with E-state index in [4.69, 9.17) is 10.2 Å². The third kappa shape index (κ3) is 1.70. The molecule has 6 heteroatoms. The molecule has 0 aromatic carbocycles. The summed E-state index contributed by atoms with van der Waals surface area (Å²) in [5, 5.41) is 8.02. The number of nitrogens with two attached hydrogens (primary N) is 1. The van der Waals surface area contributed by atoms with Gasteiger partial charge in [0.25, 0.3) is 6.01 Å². The molecule has 1 saturated carbocycles. The molecular formula is C9H11N5O. The largest absolute Gasteiger partial charge is 0.422 e. The lowest BCUT2D eigenvalue weighted by molar-refractivity contribution is 0.544. The van der Waals surface area contributed by atoms with E-state index in [2.05, 4.69) is 15.3 Å². The zero-order valence-corrected chi connectivity index (χ0v) is 8.13. The number of hydrogen-bond donors (Lipinski definition) is 1. The number of nitrogen functional groups attached to an aromatic ring is 1. The third-order valence-electron chi connectivity index (χ3n) is 2.46. The molecule has 2 heterocycles. The molecular weight excluding hydrogens is 194 g/mol. The van der Waals surface area contributed by atoms with Crippen molar-refractivity contribution in [2.75, 3.05) is 5.73 Å². The second-order valence-electron chi connectivity index (χ2n) is 3.83. The van der Waals surface area contributed by atoms with E-state index in [9.17, 15) is 0 Å². The van der Waals surface area contributed by atoms with Gasteiger partial charge in [0.2, 0.25) is 0 Å². The Morgan fingerprint density at radius 3 is 3.07 bits per heavy atom. The van der Waals surface area contributed by atoms with E-state index in [1.54, 1.807) is 6.20 Å². The number of oxazole rings is 1. The summed E-state index contributed by atoms with van der Waals surface area (Å²) in [6.07, 6.45) is 6.01. The van der Waals surface area contributed by atoms with E-state index in [-0.39, 0.29) is 6.01 Å². The summed E-state index contributed by atoms with van der Waals surface area (Å²) in [7, 11) is 0. The van der Waals surface area contributed by atoms with Crippen LogP contribution in [-0.2, 0) is 6.54 Å². The monoisotopic (exact) mass is 205 g/mol. The Labute approximate surface area is 86.1 Å². The maximum absolute atomic E-state index is 5.38. The van der Waals surface area contributed by atoms with Crippen LogP contribution in [0.2, 0.25) is 0 Å². The number of aromatic nitrogens is 4. The quantitative estimate of drug-likeness (QED) is 0.805. The van der Waals surface area contributed by atoms with Gasteiger partial charge in [0.15, 0.2) is 5.76 Å². The molecule has 15 heavy (non-hydrogen) atoms. The molecule has 2 N–H and O–H groups in total. The molecule has 1 aliphatic rings. The van der Waals surface area contributed by atoms with E-state index in [0.29, 0.717) is 11.5 Å². The highest BCUT2D eigenvalue weighted by Crippen LogP contribution is 2.30. The van der Waals surface area contributed by atoms with Gasteiger partial charge in [-0.1, -0.05) is 5.21 Å². The maximum atomic E-state index is 5.38. The molecule has 0 aliphatic heterocycles. The van der Waals surface area contributed by atoms with Gasteiger partial charge in [-0.25, -0.2) is 4.98 Å². The van der Waals surface area contributed by atoms with Gasteiger partial charge in [-0.05, 0) is 18.8 Å². The van der Waals surface area contributed by atoms with Crippen LogP contribution in [0.15, 0.2) is 16.8 Å². The first-order chi connectivity index (χ1) is 7.31. The van der Waals surface area contributed by atoms with Crippen molar-refractivity contribution in [3.8, 4) is 11.5 Å². The van der Waals surface area contributed by atoms with Gasteiger partial charge >= 0.3 is 0 Å². The van der Waals surface area contributed by atoms with Crippen molar-refractivity contribution >= 4 is 6.01 Å². The van der Waals surface area contributed by atoms with Crippen molar-refractivity contribution < 1.29 is 4.42 Å². The van der Waals surface area contributed by atoms with E-state index in [0.717, 1.165) is 12.5 Å². The summed E-state index contributed by atoms with van der Waals surface area (Å²) >= 11 is 0. The fraction of sp³-hybridized carbons (Fsp3) is 0.444. The molecule has 0 amide bonds. The highest BCUT2D eigenvalue weighted by Gasteiger charge is 2.22. The highest BCUT2D eigenvalue weighted by molar-refractivity contribution is 5.49. The Morgan fingerprint density at radius 2 is 2.40 bits per heavy atom. The molecule has 2 aromatic heterocycles. The van der Waals surface area contributed by atoms with E-state index in [1.807, 2.05) is 10.9 Å². The van der Waals surface area contributed by atoms with Crippen LogP contribution in [0, 0.1) is 5.92 Å². The summed E-state index contributed by atoms with van der Waals surface area (Å²) in [6.45, 7) is 0.941. The normalized spacial score (nSPS) is 15.7. The summed E-state index contributed by atoms with van der Waals surface area (Å²) in [4.78, 5) is 3.81. The van der Waals surface area contributed by atoms with Gasteiger partial charge in [0.1, 0.15) is 5.69 Å². The molecule has 0 unspecified atom stereocenters. The average Bonchev–Trinajstić information content (AvgIpc) is 2.74. The molecule has 0 bridgehead atoms. The molecule has 1 aliphatic carbocycles. The van der Waals surface area contributed by atoms with Crippen LogP contribution in [0.5, 0.6) is 0 Å². The Bertz CT molecular complexity index is 470. The van der Waals surface area contributed by atoms with Gasteiger partial charge in [0, 0.05) is 6.54 Å². The lowest BCUT2D eigenvalue weighted by Gasteiger charge is -1.93. The van der Waals surface area contributed by atoms with Crippen molar-refractivity contribution in [1.82, 2.24) is 20.0 Å². The lowest BCUT2D eigenvalue weighted by Crippen LogP contribution is -1.99. The van der Waals surface area contributed by atoms with E-state index < -0.39 is 0 Å². The smallest absolute Gasteiger partial charge is 0.292 e. The molecule has 0 saturated heterocycles. The average molecular weight is 205 g/mol.